The molecule has 3 aromatic rings. The van der Waals surface area contributed by atoms with Gasteiger partial charge in [0.05, 0.1) is 5.54 Å². The molecule has 0 radical (unpaired) electrons. The van der Waals surface area contributed by atoms with Crippen LogP contribution in [0.25, 0.3) is 0 Å². The summed E-state index contributed by atoms with van der Waals surface area (Å²) in [5.41, 5.74) is 3.54. The summed E-state index contributed by atoms with van der Waals surface area (Å²) in [6, 6.07) is 33.1. The van der Waals surface area contributed by atoms with Gasteiger partial charge in [-0.2, -0.15) is 0 Å². The summed E-state index contributed by atoms with van der Waals surface area (Å²) in [5.74, 6) is 1.29. The first-order valence-electron chi connectivity index (χ1n) is 11.9. The number of amides is 1. The van der Waals surface area contributed by atoms with E-state index in [2.05, 4.69) is 101 Å². The second-order valence-electron chi connectivity index (χ2n) is 9.24. The summed E-state index contributed by atoms with van der Waals surface area (Å²) in [4.78, 5) is 14.9. The number of rotatable bonds is 6. The maximum Gasteiger partial charge on any atom is 0.219 e. The third-order valence-electron chi connectivity index (χ3n) is 7.57. The van der Waals surface area contributed by atoms with Crippen LogP contribution in [0.1, 0.15) is 42.9 Å². The molecule has 3 atom stereocenters. The van der Waals surface area contributed by atoms with E-state index in [1.165, 1.54) is 23.1 Å². The van der Waals surface area contributed by atoms with Crippen LogP contribution in [0.4, 0.5) is 0 Å². The van der Waals surface area contributed by atoms with Gasteiger partial charge in [-0.15, -0.1) is 0 Å². The first-order valence-corrected chi connectivity index (χ1v) is 11.9. The molecule has 2 aliphatic rings. The van der Waals surface area contributed by atoms with Crippen molar-refractivity contribution in [2.24, 2.45) is 11.8 Å². The Kier molecular flexibility index (Phi) is 5.84. The first kappa shape index (κ1) is 21.0. The zero-order valence-electron chi connectivity index (χ0n) is 18.8. The normalized spacial score (nSPS) is 23.1. The number of carbonyl (C=O) groups is 1. The summed E-state index contributed by atoms with van der Waals surface area (Å²) in [5, 5.41) is 3.33. The van der Waals surface area contributed by atoms with Crippen LogP contribution in [0, 0.1) is 11.8 Å². The van der Waals surface area contributed by atoms with E-state index in [1.54, 1.807) is 0 Å². The van der Waals surface area contributed by atoms with E-state index in [-0.39, 0.29) is 17.5 Å². The highest BCUT2D eigenvalue weighted by atomic mass is 16.1. The van der Waals surface area contributed by atoms with Gasteiger partial charge < -0.3 is 5.32 Å². The van der Waals surface area contributed by atoms with E-state index in [9.17, 15) is 4.79 Å². The molecule has 1 amide bonds. The topological polar surface area (TPSA) is 32.3 Å². The number of nitrogens with one attached hydrogen (secondary N) is 1. The lowest BCUT2D eigenvalue weighted by atomic mass is 9.75. The molecule has 2 fully saturated rings. The van der Waals surface area contributed by atoms with Crippen LogP contribution >= 0.6 is 0 Å². The van der Waals surface area contributed by atoms with Crippen molar-refractivity contribution in [3.63, 3.8) is 0 Å². The lowest BCUT2D eigenvalue weighted by Gasteiger charge is -2.44. The van der Waals surface area contributed by atoms with E-state index in [4.69, 9.17) is 0 Å². The fourth-order valence-electron chi connectivity index (χ4n) is 6.11. The molecular formula is C29H32N2O. The minimum absolute atomic E-state index is 0.176. The van der Waals surface area contributed by atoms with Crippen molar-refractivity contribution in [2.75, 3.05) is 13.1 Å². The van der Waals surface area contributed by atoms with E-state index >= 15 is 0 Å². The van der Waals surface area contributed by atoms with Gasteiger partial charge in [-0.1, -0.05) is 97.9 Å². The summed E-state index contributed by atoms with van der Waals surface area (Å²) in [6.07, 6.45) is 2.84. The SMILES string of the molecule is CCC(=O)NC1CCC2CN(C(c3ccccc3)(c3ccccc3)c3ccccc3)CC21. The number of likely N-dealkylation sites (tertiary alicyclic amines) is 1. The molecule has 5 rings (SSSR count). The van der Waals surface area contributed by atoms with Gasteiger partial charge in [0.25, 0.3) is 0 Å². The maximum atomic E-state index is 12.2. The third kappa shape index (κ3) is 3.55. The fourth-order valence-corrected chi connectivity index (χ4v) is 6.11. The van der Waals surface area contributed by atoms with Crippen LogP contribution in [0.2, 0.25) is 0 Å². The molecule has 1 aliphatic heterocycles. The Labute approximate surface area is 191 Å². The van der Waals surface area contributed by atoms with Gasteiger partial charge in [-0.3, -0.25) is 9.69 Å². The maximum absolute atomic E-state index is 12.2. The molecular weight excluding hydrogens is 392 g/mol. The fraction of sp³-hybridized carbons (Fsp3) is 0.345. The number of hydrogen-bond donors (Lipinski definition) is 1. The van der Waals surface area contributed by atoms with Gasteiger partial charge in [0, 0.05) is 25.6 Å². The van der Waals surface area contributed by atoms with Crippen LogP contribution in [-0.4, -0.2) is 29.9 Å². The largest absolute Gasteiger partial charge is 0.353 e. The van der Waals surface area contributed by atoms with Crippen molar-refractivity contribution < 1.29 is 4.79 Å². The monoisotopic (exact) mass is 424 g/mol. The second kappa shape index (κ2) is 8.91. The van der Waals surface area contributed by atoms with Crippen LogP contribution in [-0.2, 0) is 10.3 Å². The van der Waals surface area contributed by atoms with Crippen molar-refractivity contribution in [1.29, 1.82) is 0 Å². The second-order valence-corrected chi connectivity index (χ2v) is 9.24. The smallest absolute Gasteiger partial charge is 0.219 e. The zero-order chi connectivity index (χ0) is 22.0. The number of hydrogen-bond acceptors (Lipinski definition) is 2. The van der Waals surface area contributed by atoms with E-state index in [0.29, 0.717) is 18.3 Å². The molecule has 1 N–H and O–H groups in total. The van der Waals surface area contributed by atoms with Crippen LogP contribution < -0.4 is 5.32 Å². The highest BCUT2D eigenvalue weighted by molar-refractivity contribution is 5.75. The van der Waals surface area contributed by atoms with E-state index < -0.39 is 0 Å². The molecule has 3 nitrogen and oxygen atoms in total. The van der Waals surface area contributed by atoms with Crippen molar-refractivity contribution in [1.82, 2.24) is 10.2 Å². The van der Waals surface area contributed by atoms with E-state index in [0.717, 1.165) is 19.5 Å². The van der Waals surface area contributed by atoms with E-state index in [1.807, 2.05) is 6.92 Å². The zero-order valence-corrected chi connectivity index (χ0v) is 18.8. The Morgan fingerprint density at radius 3 is 1.78 bits per heavy atom. The summed E-state index contributed by atoms with van der Waals surface area (Å²) in [7, 11) is 0. The molecule has 1 saturated carbocycles. The average Bonchev–Trinajstić information content (AvgIpc) is 3.44. The summed E-state index contributed by atoms with van der Waals surface area (Å²) < 4.78 is 0. The standard InChI is InChI=1S/C29H32N2O/c1-2-28(32)30-27-19-18-22-20-31(21-26(22)27)29(23-12-6-3-7-13-23,24-14-8-4-9-15-24)25-16-10-5-11-17-25/h3-17,22,26-27H,2,18-21H2,1H3,(H,30,32). The number of fused-ring (bicyclic) bond motifs is 1. The predicted octanol–water partition coefficient (Wildman–Crippen LogP) is 5.22. The highest BCUT2D eigenvalue weighted by Crippen LogP contribution is 2.49. The van der Waals surface area contributed by atoms with Gasteiger partial charge in [-0.25, -0.2) is 0 Å². The minimum Gasteiger partial charge on any atom is -0.353 e. The van der Waals surface area contributed by atoms with Gasteiger partial charge in [0.2, 0.25) is 5.91 Å². The van der Waals surface area contributed by atoms with Crippen molar-refractivity contribution in [3.05, 3.63) is 108 Å². The van der Waals surface area contributed by atoms with Gasteiger partial charge in [-0.05, 0) is 41.4 Å². The summed E-state index contributed by atoms with van der Waals surface area (Å²) in [6.45, 7) is 3.97. The van der Waals surface area contributed by atoms with Crippen LogP contribution in [0.5, 0.6) is 0 Å². The molecule has 1 aliphatic carbocycles. The van der Waals surface area contributed by atoms with Crippen molar-refractivity contribution in [2.45, 2.75) is 37.8 Å². The molecule has 1 heterocycles. The Morgan fingerprint density at radius 2 is 1.31 bits per heavy atom. The van der Waals surface area contributed by atoms with Gasteiger partial charge in [0.15, 0.2) is 0 Å². The Bertz CT molecular complexity index is 938. The third-order valence-corrected chi connectivity index (χ3v) is 7.57. The number of nitrogens with zero attached hydrogens (tertiary/aromatic N) is 1. The molecule has 0 bridgehead atoms. The lowest BCUT2D eigenvalue weighted by Crippen LogP contribution is -2.48. The summed E-state index contributed by atoms with van der Waals surface area (Å²) >= 11 is 0. The van der Waals surface area contributed by atoms with Gasteiger partial charge in [0.1, 0.15) is 0 Å². The van der Waals surface area contributed by atoms with Gasteiger partial charge >= 0.3 is 0 Å². The Hall–Kier alpha value is -2.91. The van der Waals surface area contributed by atoms with Crippen molar-refractivity contribution >= 4 is 5.91 Å². The molecule has 3 heteroatoms. The lowest BCUT2D eigenvalue weighted by molar-refractivity contribution is -0.121. The number of carbonyl (C=O) groups excluding carboxylic acids is 1. The molecule has 32 heavy (non-hydrogen) atoms. The molecule has 3 unspecified atom stereocenters. The molecule has 164 valence electrons. The van der Waals surface area contributed by atoms with Crippen molar-refractivity contribution in [3.8, 4) is 0 Å². The number of benzene rings is 3. The minimum atomic E-state index is -0.354. The highest BCUT2D eigenvalue weighted by Gasteiger charge is 2.51. The molecule has 1 saturated heterocycles. The Morgan fingerprint density at radius 1 is 0.812 bits per heavy atom. The average molecular weight is 425 g/mol. The Balaban J connectivity index is 1.62. The molecule has 3 aromatic carbocycles. The van der Waals surface area contributed by atoms with Crippen LogP contribution in [0.15, 0.2) is 91.0 Å². The molecule has 0 aromatic heterocycles. The predicted molar refractivity (Wildman–Crippen MR) is 129 cm³/mol. The molecule has 0 spiro atoms. The quantitative estimate of drug-likeness (QED) is 0.551. The first-order chi connectivity index (χ1) is 15.7. The van der Waals surface area contributed by atoms with Crippen LogP contribution in [0.3, 0.4) is 0 Å².